The number of hydrogen-bond donors (Lipinski definition) is 1. The minimum absolute atomic E-state index is 0.195. The average molecular weight is 542 g/mol. The zero-order valence-corrected chi connectivity index (χ0v) is 22.1. The van der Waals surface area contributed by atoms with E-state index in [1.54, 1.807) is 28.9 Å². The third-order valence-electron chi connectivity index (χ3n) is 7.56. The number of nitrogens with one attached hydrogen (secondary N) is 1. The number of nitrogens with zero attached hydrogens (tertiary/aromatic N) is 6. The number of pyridine rings is 1. The van der Waals surface area contributed by atoms with E-state index in [0.29, 0.717) is 44.1 Å². The molecule has 2 aromatic heterocycles. The maximum Gasteiger partial charge on any atom is 0.253 e. The van der Waals surface area contributed by atoms with Gasteiger partial charge in [-0.05, 0) is 88.0 Å². The van der Waals surface area contributed by atoms with Crippen molar-refractivity contribution in [2.45, 2.75) is 25.9 Å². The molecule has 10 heteroatoms. The first kappa shape index (κ1) is 25.8. The molecule has 0 bridgehead atoms. The van der Waals surface area contributed by atoms with Gasteiger partial charge in [0.05, 0.1) is 6.54 Å². The van der Waals surface area contributed by atoms with Crippen molar-refractivity contribution >= 4 is 16.6 Å². The number of halogens is 2. The Hall–Kier alpha value is -4.44. The fourth-order valence-corrected chi connectivity index (χ4v) is 5.37. The molecule has 8 nitrogen and oxygen atoms in total. The molecule has 1 saturated heterocycles. The van der Waals surface area contributed by atoms with Gasteiger partial charge in [0.1, 0.15) is 17.7 Å². The highest BCUT2D eigenvalue weighted by atomic mass is 19.1. The first-order valence-corrected chi connectivity index (χ1v) is 13.4. The summed E-state index contributed by atoms with van der Waals surface area (Å²) in [6.45, 7) is 5.08. The molecule has 1 fully saturated rings. The summed E-state index contributed by atoms with van der Waals surface area (Å²) in [5, 5.41) is 13.6. The molecule has 0 saturated carbocycles. The van der Waals surface area contributed by atoms with Crippen LogP contribution >= 0.6 is 0 Å². The predicted octanol–water partition coefficient (Wildman–Crippen LogP) is 4.32. The van der Waals surface area contributed by atoms with E-state index in [-0.39, 0.29) is 17.2 Å². The Morgan fingerprint density at radius 1 is 0.875 bits per heavy atom. The molecule has 0 aliphatic carbocycles. The largest absolute Gasteiger partial charge is 0.369 e. The van der Waals surface area contributed by atoms with Crippen LogP contribution in [0.25, 0.3) is 10.9 Å². The second kappa shape index (κ2) is 11.0. The van der Waals surface area contributed by atoms with Gasteiger partial charge in [0.2, 0.25) is 0 Å². The van der Waals surface area contributed by atoms with Gasteiger partial charge >= 0.3 is 0 Å². The number of aromatic nitrogens is 5. The van der Waals surface area contributed by atoms with Gasteiger partial charge in [0, 0.05) is 42.9 Å². The topological polar surface area (TPSA) is 82.9 Å². The zero-order valence-electron chi connectivity index (χ0n) is 22.1. The Balaban J connectivity index is 1.38. The number of fused-ring (bicyclic) bond motifs is 1. The summed E-state index contributed by atoms with van der Waals surface area (Å²) >= 11 is 0. The molecule has 0 amide bonds. The quantitative estimate of drug-likeness (QED) is 0.331. The minimum Gasteiger partial charge on any atom is -0.369 e. The monoisotopic (exact) mass is 541 g/mol. The van der Waals surface area contributed by atoms with Gasteiger partial charge in [-0.15, -0.1) is 5.10 Å². The summed E-state index contributed by atoms with van der Waals surface area (Å²) < 4.78 is 28.7. The van der Waals surface area contributed by atoms with Crippen LogP contribution in [0.15, 0.2) is 77.6 Å². The predicted molar refractivity (Wildman–Crippen MR) is 149 cm³/mol. The van der Waals surface area contributed by atoms with Crippen LogP contribution < -0.4 is 10.5 Å². The highest BCUT2D eigenvalue weighted by Gasteiger charge is 2.33. The average Bonchev–Trinajstić information content (AvgIpc) is 3.42. The van der Waals surface area contributed by atoms with Crippen LogP contribution in [0.1, 0.15) is 35.5 Å². The van der Waals surface area contributed by atoms with Crippen molar-refractivity contribution in [2.75, 3.05) is 31.1 Å². The Bertz CT molecular complexity index is 1670. The van der Waals surface area contributed by atoms with Crippen LogP contribution in [0.2, 0.25) is 0 Å². The first-order chi connectivity index (χ1) is 19.5. The molecular formula is C30H29F2N7O. The van der Waals surface area contributed by atoms with E-state index in [2.05, 4.69) is 43.3 Å². The van der Waals surface area contributed by atoms with Crippen molar-refractivity contribution in [3.63, 3.8) is 0 Å². The van der Waals surface area contributed by atoms with E-state index in [9.17, 15) is 13.6 Å². The van der Waals surface area contributed by atoms with Crippen LogP contribution in [-0.2, 0) is 13.0 Å². The van der Waals surface area contributed by atoms with Gasteiger partial charge < -0.3 is 9.88 Å². The van der Waals surface area contributed by atoms with Crippen LogP contribution in [0.4, 0.5) is 14.5 Å². The molecule has 1 aliphatic heterocycles. The zero-order chi connectivity index (χ0) is 27.6. The lowest BCUT2D eigenvalue weighted by Crippen LogP contribution is -2.49. The van der Waals surface area contributed by atoms with Crippen LogP contribution in [0.5, 0.6) is 0 Å². The maximum absolute atomic E-state index is 13.5. The number of anilines is 1. The van der Waals surface area contributed by atoms with E-state index in [4.69, 9.17) is 0 Å². The van der Waals surface area contributed by atoms with E-state index < -0.39 is 6.04 Å². The number of aromatic amines is 1. The number of benzene rings is 3. The lowest BCUT2D eigenvalue weighted by atomic mass is 10.0. The van der Waals surface area contributed by atoms with Gasteiger partial charge in [0.25, 0.3) is 5.56 Å². The molecule has 1 N–H and O–H groups in total. The fourth-order valence-electron chi connectivity index (χ4n) is 5.37. The standard InChI is InChI=1S/C30H29F2N7O/c1-2-20-5-12-27-22(17-20)18-26(30(40)33-27)28(29-34-35-36-39(29)19-21-3-6-23(31)7-4-21)38-15-13-37(14-16-38)25-10-8-24(32)9-11-25/h3-12,17-18,28H,2,13-16,19H2,1H3,(H,33,40). The molecule has 0 spiro atoms. The molecule has 1 aliphatic rings. The van der Waals surface area contributed by atoms with Gasteiger partial charge in [-0.3, -0.25) is 9.69 Å². The molecular weight excluding hydrogens is 512 g/mol. The Kier molecular flexibility index (Phi) is 7.08. The fraction of sp³-hybridized carbons (Fsp3) is 0.267. The SMILES string of the molecule is CCc1ccc2[nH]c(=O)c(C(c3nnnn3Cc3ccc(F)cc3)N3CCN(c4ccc(F)cc4)CC3)cc2c1. The summed E-state index contributed by atoms with van der Waals surface area (Å²) in [5.74, 6) is -0.0417. The lowest BCUT2D eigenvalue weighted by Gasteiger charge is -2.39. The highest BCUT2D eigenvalue weighted by Crippen LogP contribution is 2.29. The minimum atomic E-state index is -0.510. The molecule has 0 radical (unpaired) electrons. The van der Waals surface area contributed by atoms with Crippen molar-refractivity contribution in [3.8, 4) is 0 Å². The van der Waals surface area contributed by atoms with Crippen LogP contribution in [-0.4, -0.2) is 56.3 Å². The summed E-state index contributed by atoms with van der Waals surface area (Å²) in [5.41, 5.74) is 4.11. The molecule has 204 valence electrons. The maximum atomic E-state index is 13.5. The molecule has 1 unspecified atom stereocenters. The van der Waals surface area contributed by atoms with Crippen molar-refractivity contribution < 1.29 is 8.78 Å². The summed E-state index contributed by atoms with van der Waals surface area (Å²) in [7, 11) is 0. The lowest BCUT2D eigenvalue weighted by molar-refractivity contribution is 0.200. The van der Waals surface area contributed by atoms with Gasteiger partial charge in [0.15, 0.2) is 5.82 Å². The Labute approximate surface area is 229 Å². The van der Waals surface area contributed by atoms with Gasteiger partial charge in [-0.25, -0.2) is 13.5 Å². The van der Waals surface area contributed by atoms with E-state index in [1.165, 1.54) is 29.8 Å². The number of hydrogen-bond acceptors (Lipinski definition) is 6. The van der Waals surface area contributed by atoms with Gasteiger partial charge in [-0.2, -0.15) is 0 Å². The number of aryl methyl sites for hydroxylation is 1. The molecule has 1 atom stereocenters. The van der Waals surface area contributed by atoms with Crippen LogP contribution in [0.3, 0.4) is 0 Å². The molecule has 6 rings (SSSR count). The number of tetrazole rings is 1. The van der Waals surface area contributed by atoms with Crippen molar-refractivity contribution in [1.29, 1.82) is 0 Å². The Morgan fingerprint density at radius 3 is 2.25 bits per heavy atom. The normalized spacial score (nSPS) is 15.0. The summed E-state index contributed by atoms with van der Waals surface area (Å²) in [6, 6.07) is 20.2. The van der Waals surface area contributed by atoms with Gasteiger partial charge in [-0.1, -0.05) is 25.1 Å². The number of rotatable bonds is 7. The van der Waals surface area contributed by atoms with Crippen molar-refractivity contribution in [3.05, 3.63) is 117 Å². The molecule has 3 heterocycles. The van der Waals surface area contributed by atoms with Crippen LogP contribution in [0, 0.1) is 11.6 Å². The Morgan fingerprint density at radius 2 is 1.55 bits per heavy atom. The molecule has 5 aromatic rings. The highest BCUT2D eigenvalue weighted by molar-refractivity contribution is 5.80. The number of H-pyrrole nitrogens is 1. The molecule has 40 heavy (non-hydrogen) atoms. The summed E-state index contributed by atoms with van der Waals surface area (Å²) in [6.07, 6.45) is 0.884. The van der Waals surface area contributed by atoms with Crippen molar-refractivity contribution in [1.82, 2.24) is 30.1 Å². The van der Waals surface area contributed by atoms with Crippen molar-refractivity contribution in [2.24, 2.45) is 0 Å². The number of piperazine rings is 1. The van der Waals surface area contributed by atoms with E-state index in [0.717, 1.165) is 28.6 Å². The second-order valence-corrected chi connectivity index (χ2v) is 10.1. The first-order valence-electron chi connectivity index (χ1n) is 13.4. The van der Waals surface area contributed by atoms with E-state index in [1.807, 2.05) is 18.2 Å². The summed E-state index contributed by atoms with van der Waals surface area (Å²) in [4.78, 5) is 21.0. The molecule has 3 aromatic carbocycles. The third-order valence-corrected chi connectivity index (χ3v) is 7.56. The smallest absolute Gasteiger partial charge is 0.253 e. The second-order valence-electron chi connectivity index (χ2n) is 10.1. The van der Waals surface area contributed by atoms with E-state index >= 15 is 0 Å². The third kappa shape index (κ3) is 5.22.